The van der Waals surface area contributed by atoms with E-state index in [-0.39, 0.29) is 12.1 Å². The van der Waals surface area contributed by atoms with Crippen LogP contribution in [0.2, 0.25) is 0 Å². The summed E-state index contributed by atoms with van der Waals surface area (Å²) in [5.41, 5.74) is 1.59. The number of piperidine rings is 1. The van der Waals surface area contributed by atoms with Crippen molar-refractivity contribution in [2.45, 2.75) is 25.8 Å². The molecule has 146 valence electrons. The van der Waals surface area contributed by atoms with Crippen LogP contribution in [0, 0.1) is 0 Å². The molecule has 0 atom stereocenters. The Balaban J connectivity index is 1.29. The Bertz CT molecular complexity index is 931. The highest BCUT2D eigenvalue weighted by molar-refractivity contribution is 5.89. The second-order valence-electron chi connectivity index (χ2n) is 6.75. The zero-order chi connectivity index (χ0) is 19.3. The molecule has 1 saturated heterocycles. The number of aromatic amines is 1. The van der Waals surface area contributed by atoms with Gasteiger partial charge in [0.1, 0.15) is 23.5 Å². The van der Waals surface area contributed by atoms with Crippen molar-refractivity contribution in [1.29, 1.82) is 0 Å². The molecule has 2 aromatic heterocycles. The standard InChI is InChI=1S/C20H24N6O2/c1-2-28-16-5-3-14(4-6-16)24-20(27)25-15-8-11-26(12-9-15)19-17-7-10-21-18(17)22-13-23-19/h3-7,10,13,15H,2,8-9,11-12H2,1H3,(H,21,22,23)(H2,24,25,27). The van der Waals surface area contributed by atoms with Crippen LogP contribution < -0.4 is 20.3 Å². The Morgan fingerprint density at radius 2 is 2.00 bits per heavy atom. The molecule has 4 rings (SSSR count). The molecule has 1 aliphatic heterocycles. The summed E-state index contributed by atoms with van der Waals surface area (Å²) in [5.74, 6) is 1.74. The summed E-state index contributed by atoms with van der Waals surface area (Å²) in [7, 11) is 0. The van der Waals surface area contributed by atoms with Gasteiger partial charge in [0.15, 0.2) is 0 Å². The molecule has 8 nitrogen and oxygen atoms in total. The van der Waals surface area contributed by atoms with Crippen molar-refractivity contribution in [3.05, 3.63) is 42.9 Å². The molecule has 1 aliphatic rings. The number of fused-ring (bicyclic) bond motifs is 1. The maximum absolute atomic E-state index is 12.3. The van der Waals surface area contributed by atoms with Gasteiger partial charge < -0.3 is 25.3 Å². The first kappa shape index (κ1) is 18.1. The molecular formula is C20H24N6O2. The van der Waals surface area contributed by atoms with Crippen LogP contribution in [0.4, 0.5) is 16.3 Å². The Hall–Kier alpha value is -3.29. The molecule has 0 aliphatic carbocycles. The van der Waals surface area contributed by atoms with Crippen LogP contribution in [0.25, 0.3) is 11.0 Å². The number of anilines is 2. The SMILES string of the molecule is CCOc1ccc(NC(=O)NC2CCN(c3ncnc4[nH]ccc34)CC2)cc1. The lowest BCUT2D eigenvalue weighted by atomic mass is 10.1. The molecule has 28 heavy (non-hydrogen) atoms. The fourth-order valence-corrected chi connectivity index (χ4v) is 3.50. The van der Waals surface area contributed by atoms with Gasteiger partial charge in [0.25, 0.3) is 0 Å². The van der Waals surface area contributed by atoms with Crippen molar-refractivity contribution in [1.82, 2.24) is 20.3 Å². The van der Waals surface area contributed by atoms with E-state index in [2.05, 4.69) is 30.5 Å². The third-order valence-electron chi connectivity index (χ3n) is 4.89. The molecule has 0 radical (unpaired) electrons. The number of hydrogen-bond donors (Lipinski definition) is 3. The number of ether oxygens (including phenoxy) is 1. The van der Waals surface area contributed by atoms with Gasteiger partial charge in [-0.15, -0.1) is 0 Å². The Morgan fingerprint density at radius 1 is 1.21 bits per heavy atom. The first-order valence-corrected chi connectivity index (χ1v) is 9.56. The molecule has 0 saturated carbocycles. The topological polar surface area (TPSA) is 95.2 Å². The molecule has 0 bridgehead atoms. The molecule has 3 heterocycles. The number of aromatic nitrogens is 3. The van der Waals surface area contributed by atoms with Gasteiger partial charge in [0.05, 0.1) is 12.0 Å². The highest BCUT2D eigenvalue weighted by atomic mass is 16.5. The third kappa shape index (κ3) is 4.00. The van der Waals surface area contributed by atoms with Crippen molar-refractivity contribution in [3.63, 3.8) is 0 Å². The molecule has 0 spiro atoms. The fraction of sp³-hybridized carbons (Fsp3) is 0.350. The zero-order valence-corrected chi connectivity index (χ0v) is 15.8. The number of rotatable bonds is 5. The number of hydrogen-bond acceptors (Lipinski definition) is 5. The summed E-state index contributed by atoms with van der Waals surface area (Å²) in [6, 6.07) is 9.33. The minimum Gasteiger partial charge on any atom is -0.494 e. The van der Waals surface area contributed by atoms with Crippen LogP contribution in [0.15, 0.2) is 42.9 Å². The first-order valence-electron chi connectivity index (χ1n) is 9.56. The van der Waals surface area contributed by atoms with E-state index in [1.807, 2.05) is 43.5 Å². The summed E-state index contributed by atoms with van der Waals surface area (Å²) < 4.78 is 5.41. The number of carbonyl (C=O) groups excluding carboxylic acids is 1. The summed E-state index contributed by atoms with van der Waals surface area (Å²) >= 11 is 0. The normalized spacial score (nSPS) is 14.8. The van der Waals surface area contributed by atoms with Gasteiger partial charge in [-0.25, -0.2) is 14.8 Å². The van der Waals surface area contributed by atoms with Gasteiger partial charge in [-0.1, -0.05) is 0 Å². The minimum absolute atomic E-state index is 0.141. The highest BCUT2D eigenvalue weighted by Gasteiger charge is 2.23. The van der Waals surface area contributed by atoms with E-state index in [0.717, 1.165) is 54.2 Å². The second kappa shape index (κ2) is 8.16. The van der Waals surface area contributed by atoms with Gasteiger partial charge in [0, 0.05) is 31.0 Å². The molecule has 1 fully saturated rings. The van der Waals surface area contributed by atoms with Crippen LogP contribution in [0.3, 0.4) is 0 Å². The number of benzene rings is 1. The number of carbonyl (C=O) groups is 1. The number of nitrogens with zero attached hydrogens (tertiary/aromatic N) is 3. The van der Waals surface area contributed by atoms with Gasteiger partial charge in [-0.3, -0.25) is 0 Å². The van der Waals surface area contributed by atoms with E-state index in [4.69, 9.17) is 4.74 Å². The number of amides is 2. The van der Waals surface area contributed by atoms with E-state index >= 15 is 0 Å². The van der Waals surface area contributed by atoms with Crippen molar-refractivity contribution < 1.29 is 9.53 Å². The molecule has 2 amide bonds. The maximum Gasteiger partial charge on any atom is 0.319 e. The minimum atomic E-state index is -0.183. The van der Waals surface area contributed by atoms with Crippen LogP contribution >= 0.6 is 0 Å². The molecular weight excluding hydrogens is 356 g/mol. The number of nitrogens with one attached hydrogen (secondary N) is 3. The zero-order valence-electron chi connectivity index (χ0n) is 15.8. The van der Waals surface area contributed by atoms with Gasteiger partial charge >= 0.3 is 6.03 Å². The van der Waals surface area contributed by atoms with Gasteiger partial charge in [-0.2, -0.15) is 0 Å². The van der Waals surface area contributed by atoms with Crippen LogP contribution in [0.1, 0.15) is 19.8 Å². The number of H-pyrrole nitrogens is 1. The summed E-state index contributed by atoms with van der Waals surface area (Å²) in [4.78, 5) is 26.3. The smallest absolute Gasteiger partial charge is 0.319 e. The molecule has 0 unspecified atom stereocenters. The lowest BCUT2D eigenvalue weighted by molar-refractivity contribution is 0.246. The van der Waals surface area contributed by atoms with Crippen molar-refractivity contribution >= 4 is 28.6 Å². The van der Waals surface area contributed by atoms with Crippen molar-refractivity contribution in [2.24, 2.45) is 0 Å². The lowest BCUT2D eigenvalue weighted by Crippen LogP contribution is -2.46. The summed E-state index contributed by atoms with van der Waals surface area (Å²) in [5, 5.41) is 6.97. The average Bonchev–Trinajstić information content (AvgIpc) is 3.19. The second-order valence-corrected chi connectivity index (χ2v) is 6.75. The molecule has 3 N–H and O–H groups in total. The monoisotopic (exact) mass is 380 g/mol. The van der Waals surface area contributed by atoms with E-state index in [1.54, 1.807) is 6.33 Å². The summed E-state index contributed by atoms with van der Waals surface area (Å²) in [6.07, 6.45) is 5.20. The van der Waals surface area contributed by atoms with Crippen molar-refractivity contribution in [2.75, 3.05) is 29.9 Å². The quantitative estimate of drug-likeness (QED) is 0.632. The average molecular weight is 380 g/mol. The third-order valence-corrected chi connectivity index (χ3v) is 4.89. The largest absolute Gasteiger partial charge is 0.494 e. The molecule has 1 aromatic carbocycles. The molecule has 3 aromatic rings. The van der Waals surface area contributed by atoms with Crippen molar-refractivity contribution in [3.8, 4) is 5.75 Å². The van der Waals surface area contributed by atoms with Gasteiger partial charge in [0.2, 0.25) is 0 Å². The molecule has 8 heteroatoms. The first-order chi connectivity index (χ1) is 13.7. The maximum atomic E-state index is 12.3. The highest BCUT2D eigenvalue weighted by Crippen LogP contribution is 2.25. The van der Waals surface area contributed by atoms with Gasteiger partial charge in [-0.05, 0) is 50.1 Å². The lowest BCUT2D eigenvalue weighted by Gasteiger charge is -2.33. The van der Waals surface area contributed by atoms with E-state index in [0.29, 0.717) is 6.61 Å². The van der Waals surface area contributed by atoms with E-state index in [1.165, 1.54) is 0 Å². The predicted octanol–water partition coefficient (Wildman–Crippen LogP) is 3.15. The van der Waals surface area contributed by atoms with E-state index in [9.17, 15) is 4.79 Å². The Kier molecular flexibility index (Phi) is 5.27. The van der Waals surface area contributed by atoms with E-state index < -0.39 is 0 Å². The van der Waals surface area contributed by atoms with Crippen LogP contribution in [0.5, 0.6) is 5.75 Å². The summed E-state index contributed by atoms with van der Waals surface area (Å²) in [6.45, 7) is 4.24. The van der Waals surface area contributed by atoms with Crippen LogP contribution in [-0.4, -0.2) is 46.7 Å². The predicted molar refractivity (Wildman–Crippen MR) is 109 cm³/mol. The Labute approximate surface area is 163 Å². The number of urea groups is 1. The Morgan fingerprint density at radius 3 is 2.75 bits per heavy atom. The van der Waals surface area contributed by atoms with Crippen LogP contribution in [-0.2, 0) is 0 Å². The fourth-order valence-electron chi connectivity index (χ4n) is 3.50.